The molecule has 144 valence electrons. The summed E-state index contributed by atoms with van der Waals surface area (Å²) in [6.07, 6.45) is 4.40. The second kappa shape index (κ2) is 6.95. The highest BCUT2D eigenvalue weighted by atomic mass is 16.5. The Hall–Kier alpha value is -2.86. The summed E-state index contributed by atoms with van der Waals surface area (Å²) in [4.78, 5) is 20.0. The van der Waals surface area contributed by atoms with E-state index in [1.165, 1.54) is 5.56 Å². The summed E-state index contributed by atoms with van der Waals surface area (Å²) < 4.78 is 12.9. The van der Waals surface area contributed by atoms with Crippen molar-refractivity contribution in [1.29, 1.82) is 0 Å². The molecule has 2 saturated heterocycles. The molecule has 0 radical (unpaired) electrons. The summed E-state index contributed by atoms with van der Waals surface area (Å²) >= 11 is 0. The number of carbonyl (C=O) groups is 1. The van der Waals surface area contributed by atoms with Crippen LogP contribution in [0.5, 0.6) is 5.75 Å². The van der Waals surface area contributed by atoms with Crippen LogP contribution in [-0.4, -0.2) is 53.1 Å². The Morgan fingerprint density at radius 3 is 2.93 bits per heavy atom. The van der Waals surface area contributed by atoms with Gasteiger partial charge in [-0.25, -0.2) is 4.98 Å². The number of amides is 1. The van der Waals surface area contributed by atoms with Crippen molar-refractivity contribution in [2.45, 2.75) is 18.4 Å². The van der Waals surface area contributed by atoms with Crippen molar-refractivity contribution in [3.63, 3.8) is 0 Å². The molecule has 2 fully saturated rings. The molecule has 2 aliphatic heterocycles. The molecule has 0 unspecified atom stereocenters. The zero-order valence-electron chi connectivity index (χ0n) is 15.8. The van der Waals surface area contributed by atoms with Crippen LogP contribution in [0.1, 0.15) is 28.4 Å². The van der Waals surface area contributed by atoms with E-state index >= 15 is 0 Å². The molecule has 3 aromatic rings. The van der Waals surface area contributed by atoms with Gasteiger partial charge in [0, 0.05) is 43.3 Å². The van der Waals surface area contributed by atoms with Crippen molar-refractivity contribution in [2.24, 2.45) is 5.92 Å². The Morgan fingerprint density at radius 1 is 1.25 bits per heavy atom. The summed E-state index contributed by atoms with van der Waals surface area (Å²) in [5.41, 5.74) is 2.59. The zero-order chi connectivity index (χ0) is 19.1. The number of pyridine rings is 1. The number of hydrogen-bond acceptors (Lipinski definition) is 4. The third kappa shape index (κ3) is 2.76. The lowest BCUT2D eigenvalue weighted by Gasteiger charge is -2.32. The van der Waals surface area contributed by atoms with Crippen molar-refractivity contribution in [3.8, 4) is 5.75 Å². The number of nitrogens with zero attached hydrogens (tertiary/aromatic N) is 3. The van der Waals surface area contributed by atoms with E-state index in [0.29, 0.717) is 42.9 Å². The molecule has 1 amide bonds. The van der Waals surface area contributed by atoms with Crippen LogP contribution in [0.15, 0.2) is 54.9 Å². The van der Waals surface area contributed by atoms with Crippen LogP contribution in [-0.2, 0) is 4.74 Å². The number of benzene rings is 1. The molecule has 3 atom stereocenters. The molecule has 0 spiro atoms. The predicted molar refractivity (Wildman–Crippen MR) is 105 cm³/mol. The topological polar surface area (TPSA) is 56.1 Å². The van der Waals surface area contributed by atoms with E-state index in [9.17, 15) is 4.79 Å². The van der Waals surface area contributed by atoms with E-state index in [1.54, 1.807) is 13.3 Å². The molecule has 28 heavy (non-hydrogen) atoms. The SMILES string of the molecule is COc1ccn2c(C(=O)N3C[C@H](c4ccccc4)[C@H]4COCC[C@H]43)cnc2c1. The molecular formula is C22H23N3O3. The fourth-order valence-electron chi connectivity index (χ4n) is 4.68. The Kier molecular flexibility index (Phi) is 4.28. The maximum absolute atomic E-state index is 13.5. The number of carbonyl (C=O) groups excluding carboxylic acids is 1. The van der Waals surface area contributed by atoms with Gasteiger partial charge in [0.15, 0.2) is 0 Å². The number of methoxy groups -OCH3 is 1. The molecule has 1 aromatic carbocycles. The average molecular weight is 377 g/mol. The number of imidazole rings is 1. The molecule has 2 aliphatic rings. The van der Waals surface area contributed by atoms with Gasteiger partial charge in [-0.2, -0.15) is 0 Å². The first-order valence-corrected chi connectivity index (χ1v) is 9.71. The second-order valence-electron chi connectivity index (χ2n) is 7.51. The van der Waals surface area contributed by atoms with Gasteiger partial charge >= 0.3 is 0 Å². The monoisotopic (exact) mass is 377 g/mol. The molecule has 4 heterocycles. The number of aromatic nitrogens is 2. The highest BCUT2D eigenvalue weighted by molar-refractivity contribution is 5.94. The van der Waals surface area contributed by atoms with E-state index in [4.69, 9.17) is 9.47 Å². The molecule has 0 aliphatic carbocycles. The fraction of sp³-hybridized carbons (Fsp3) is 0.364. The van der Waals surface area contributed by atoms with Crippen LogP contribution >= 0.6 is 0 Å². The van der Waals surface area contributed by atoms with E-state index in [0.717, 1.165) is 12.2 Å². The van der Waals surface area contributed by atoms with Gasteiger partial charge in [0.05, 0.1) is 19.9 Å². The van der Waals surface area contributed by atoms with Crippen molar-refractivity contribution in [2.75, 3.05) is 26.9 Å². The maximum atomic E-state index is 13.5. The Morgan fingerprint density at radius 2 is 2.11 bits per heavy atom. The third-order valence-corrected chi connectivity index (χ3v) is 6.10. The van der Waals surface area contributed by atoms with Crippen LogP contribution in [0.3, 0.4) is 0 Å². The van der Waals surface area contributed by atoms with Gasteiger partial charge < -0.3 is 14.4 Å². The minimum absolute atomic E-state index is 0.0352. The first kappa shape index (κ1) is 17.3. The fourth-order valence-corrected chi connectivity index (χ4v) is 4.68. The molecule has 0 saturated carbocycles. The first-order chi connectivity index (χ1) is 13.8. The number of ether oxygens (including phenoxy) is 2. The minimum atomic E-state index is 0.0352. The van der Waals surface area contributed by atoms with Crippen molar-refractivity contribution >= 4 is 11.6 Å². The van der Waals surface area contributed by atoms with E-state index in [-0.39, 0.29) is 11.9 Å². The Labute approximate surface area is 163 Å². The number of likely N-dealkylation sites (tertiary alicyclic amines) is 1. The van der Waals surface area contributed by atoms with Crippen LogP contribution in [0, 0.1) is 5.92 Å². The molecule has 0 bridgehead atoms. The van der Waals surface area contributed by atoms with Crippen LogP contribution in [0.4, 0.5) is 0 Å². The first-order valence-electron chi connectivity index (χ1n) is 9.71. The molecule has 2 aromatic heterocycles. The Bertz CT molecular complexity index is 1000. The van der Waals surface area contributed by atoms with Crippen molar-refractivity contribution in [3.05, 3.63) is 66.1 Å². The number of rotatable bonds is 3. The zero-order valence-corrected chi connectivity index (χ0v) is 15.8. The summed E-state index contributed by atoms with van der Waals surface area (Å²) in [7, 11) is 1.63. The van der Waals surface area contributed by atoms with Crippen molar-refractivity contribution < 1.29 is 14.3 Å². The van der Waals surface area contributed by atoms with E-state index in [1.807, 2.05) is 33.7 Å². The van der Waals surface area contributed by atoms with E-state index < -0.39 is 0 Å². The predicted octanol–water partition coefficient (Wildman–Crippen LogP) is 2.99. The van der Waals surface area contributed by atoms with Gasteiger partial charge in [-0.15, -0.1) is 0 Å². The lowest BCUT2D eigenvalue weighted by Crippen LogP contribution is -2.42. The standard InChI is InChI=1S/C22H23N3O3/c1-27-16-7-9-24-20(12-23-21(24)11-16)22(26)25-13-17(15-5-3-2-4-6-15)18-14-28-10-8-19(18)25/h2-7,9,11-12,17-19H,8,10,13-14H2,1H3/t17-,18-,19-/m1/s1. The van der Waals surface area contributed by atoms with Gasteiger partial charge in [0.2, 0.25) is 0 Å². The molecule has 6 heteroatoms. The van der Waals surface area contributed by atoms with Crippen LogP contribution in [0.2, 0.25) is 0 Å². The van der Waals surface area contributed by atoms with Gasteiger partial charge in [-0.3, -0.25) is 9.20 Å². The minimum Gasteiger partial charge on any atom is -0.497 e. The van der Waals surface area contributed by atoms with Gasteiger partial charge in [-0.1, -0.05) is 30.3 Å². The number of hydrogen-bond donors (Lipinski definition) is 0. The lowest BCUT2D eigenvalue weighted by atomic mass is 9.84. The summed E-state index contributed by atoms with van der Waals surface area (Å²) in [6.45, 7) is 2.13. The van der Waals surface area contributed by atoms with Gasteiger partial charge in [0.25, 0.3) is 5.91 Å². The van der Waals surface area contributed by atoms with E-state index in [2.05, 4.69) is 29.2 Å². The smallest absolute Gasteiger partial charge is 0.272 e. The van der Waals surface area contributed by atoms with Crippen molar-refractivity contribution in [1.82, 2.24) is 14.3 Å². The van der Waals surface area contributed by atoms with Crippen LogP contribution < -0.4 is 4.74 Å². The highest BCUT2D eigenvalue weighted by Gasteiger charge is 2.46. The molecule has 0 N–H and O–H groups in total. The number of fused-ring (bicyclic) bond motifs is 2. The highest BCUT2D eigenvalue weighted by Crippen LogP contribution is 2.41. The molecule has 6 nitrogen and oxygen atoms in total. The maximum Gasteiger partial charge on any atom is 0.272 e. The summed E-state index contributed by atoms with van der Waals surface area (Å²) in [5.74, 6) is 1.40. The summed E-state index contributed by atoms with van der Waals surface area (Å²) in [6, 6.07) is 14.4. The normalized spacial score (nSPS) is 24.3. The lowest BCUT2D eigenvalue weighted by molar-refractivity contribution is 0.0186. The summed E-state index contributed by atoms with van der Waals surface area (Å²) in [5, 5.41) is 0. The Balaban J connectivity index is 1.49. The molecular weight excluding hydrogens is 354 g/mol. The quantitative estimate of drug-likeness (QED) is 0.704. The van der Waals surface area contributed by atoms with Gasteiger partial charge in [0.1, 0.15) is 17.1 Å². The third-order valence-electron chi connectivity index (χ3n) is 6.10. The van der Waals surface area contributed by atoms with Gasteiger partial charge in [-0.05, 0) is 18.1 Å². The van der Waals surface area contributed by atoms with Crippen LogP contribution in [0.25, 0.3) is 5.65 Å². The second-order valence-corrected chi connectivity index (χ2v) is 7.51. The average Bonchev–Trinajstić information content (AvgIpc) is 3.35. The molecule has 5 rings (SSSR count). The largest absolute Gasteiger partial charge is 0.497 e.